The van der Waals surface area contributed by atoms with Gasteiger partial charge in [0.1, 0.15) is 5.76 Å². The molecule has 0 aliphatic carbocycles. The Morgan fingerprint density at radius 3 is 2.18 bits per heavy atom. The van der Waals surface area contributed by atoms with Crippen LogP contribution in [-0.2, 0) is 0 Å². The van der Waals surface area contributed by atoms with Crippen molar-refractivity contribution in [1.82, 2.24) is 0 Å². The van der Waals surface area contributed by atoms with Gasteiger partial charge in [-0.1, -0.05) is 0 Å². The third kappa shape index (κ3) is 3.53. The van der Waals surface area contributed by atoms with Crippen molar-refractivity contribution in [2.45, 2.75) is 6.92 Å². The zero-order valence-electron chi connectivity index (χ0n) is 8.91. The van der Waals surface area contributed by atoms with Crippen molar-refractivity contribution < 1.29 is 19.0 Å². The largest absolute Gasteiger partial charge is 0.502 e. The van der Waals surface area contributed by atoms with Crippen LogP contribution in [-0.4, -0.2) is 10.2 Å². The summed E-state index contributed by atoms with van der Waals surface area (Å²) in [5.41, 5.74) is -1.11. The summed E-state index contributed by atoms with van der Waals surface area (Å²) >= 11 is 0. The molecule has 2 heterocycles. The molecule has 6 nitrogen and oxygen atoms in total. The van der Waals surface area contributed by atoms with Gasteiger partial charge in [0, 0.05) is 6.07 Å². The lowest BCUT2D eigenvalue weighted by molar-refractivity contribution is 0.411. The van der Waals surface area contributed by atoms with Gasteiger partial charge in [-0.05, 0) is 19.1 Å². The molecule has 6 heteroatoms. The Kier molecular flexibility index (Phi) is 4.10. The quantitative estimate of drug-likeness (QED) is 0.710. The van der Waals surface area contributed by atoms with Crippen LogP contribution in [0.2, 0.25) is 0 Å². The van der Waals surface area contributed by atoms with Gasteiger partial charge in [0.05, 0.1) is 12.5 Å². The first kappa shape index (κ1) is 12.6. The Morgan fingerprint density at radius 2 is 1.76 bits per heavy atom. The first-order valence-electron chi connectivity index (χ1n) is 4.56. The summed E-state index contributed by atoms with van der Waals surface area (Å²) in [7, 11) is 0. The van der Waals surface area contributed by atoms with E-state index in [9.17, 15) is 9.59 Å². The summed E-state index contributed by atoms with van der Waals surface area (Å²) in [5.74, 6) is -0.410. The maximum Gasteiger partial charge on any atom is 0.378 e. The Hall–Kier alpha value is -2.50. The van der Waals surface area contributed by atoms with Crippen molar-refractivity contribution in [1.29, 1.82) is 0 Å². The molecule has 2 aromatic rings. The Labute approximate surface area is 95.4 Å². The average molecular weight is 238 g/mol. The minimum atomic E-state index is -0.701. The number of rotatable bonds is 0. The van der Waals surface area contributed by atoms with E-state index in [1.807, 2.05) is 0 Å². The van der Waals surface area contributed by atoms with Crippen LogP contribution in [0, 0.1) is 6.92 Å². The van der Waals surface area contributed by atoms with E-state index < -0.39 is 11.1 Å². The highest BCUT2D eigenvalue weighted by atomic mass is 16.4. The zero-order valence-corrected chi connectivity index (χ0v) is 8.91. The summed E-state index contributed by atoms with van der Waals surface area (Å²) in [6.07, 6.45) is 2.46. The second-order valence-electron chi connectivity index (χ2n) is 2.98. The molecule has 0 amide bonds. The highest BCUT2D eigenvalue weighted by Crippen LogP contribution is 2.06. The molecule has 2 N–H and O–H groups in total. The summed E-state index contributed by atoms with van der Waals surface area (Å²) in [5, 5.41) is 17.3. The first-order chi connectivity index (χ1) is 8.02. The predicted octanol–water partition coefficient (Wildman–Crippen LogP) is 0.999. The van der Waals surface area contributed by atoms with E-state index >= 15 is 0 Å². The third-order valence-electron chi connectivity index (χ3n) is 1.75. The molecular formula is C11H10O6. The van der Waals surface area contributed by atoms with E-state index in [1.54, 1.807) is 0 Å². The second-order valence-corrected chi connectivity index (χ2v) is 2.98. The third-order valence-corrected chi connectivity index (χ3v) is 1.75. The van der Waals surface area contributed by atoms with Gasteiger partial charge in [-0.3, -0.25) is 4.79 Å². The Balaban J connectivity index is 0.000000171. The van der Waals surface area contributed by atoms with Crippen molar-refractivity contribution in [3.8, 4) is 11.5 Å². The van der Waals surface area contributed by atoms with E-state index in [4.69, 9.17) is 10.2 Å². The molecule has 0 aromatic carbocycles. The monoisotopic (exact) mass is 238 g/mol. The van der Waals surface area contributed by atoms with Gasteiger partial charge in [-0.15, -0.1) is 0 Å². The molecule has 0 saturated carbocycles. The van der Waals surface area contributed by atoms with Crippen LogP contribution < -0.4 is 11.1 Å². The van der Waals surface area contributed by atoms with Crippen molar-refractivity contribution >= 4 is 0 Å². The van der Waals surface area contributed by atoms with E-state index in [0.29, 0.717) is 0 Å². The molecule has 0 atom stereocenters. The van der Waals surface area contributed by atoms with Crippen LogP contribution in [0.4, 0.5) is 0 Å². The van der Waals surface area contributed by atoms with E-state index in [1.165, 1.54) is 37.6 Å². The molecule has 0 aliphatic heterocycles. The molecule has 0 unspecified atom stereocenters. The molecule has 0 fully saturated rings. The average Bonchev–Trinajstić information content (AvgIpc) is 2.31. The van der Waals surface area contributed by atoms with E-state index in [-0.39, 0.29) is 17.3 Å². The summed E-state index contributed by atoms with van der Waals surface area (Å²) in [6, 6.07) is 3.88. The molecular weight excluding hydrogens is 228 g/mol. The molecule has 2 rings (SSSR count). The lowest BCUT2D eigenvalue weighted by Gasteiger charge is -1.91. The van der Waals surface area contributed by atoms with E-state index in [2.05, 4.69) is 8.83 Å². The fourth-order valence-electron chi connectivity index (χ4n) is 0.866. The molecule has 0 aliphatic rings. The van der Waals surface area contributed by atoms with Gasteiger partial charge < -0.3 is 19.0 Å². The van der Waals surface area contributed by atoms with Gasteiger partial charge in [-0.2, -0.15) is 0 Å². The normalized spacial score (nSPS) is 9.24. The zero-order chi connectivity index (χ0) is 12.8. The maximum absolute atomic E-state index is 10.5. The van der Waals surface area contributed by atoms with Crippen LogP contribution in [0.5, 0.6) is 11.5 Å². The fourth-order valence-corrected chi connectivity index (χ4v) is 0.866. The summed E-state index contributed by atoms with van der Waals surface area (Å²) in [4.78, 5) is 20.7. The maximum atomic E-state index is 10.5. The molecule has 0 spiro atoms. The Morgan fingerprint density at radius 1 is 1.06 bits per heavy atom. The van der Waals surface area contributed by atoms with Crippen LogP contribution in [0.3, 0.4) is 0 Å². The van der Waals surface area contributed by atoms with Gasteiger partial charge >= 0.3 is 5.63 Å². The van der Waals surface area contributed by atoms with Gasteiger partial charge in [0.15, 0.2) is 0 Å². The fraction of sp³-hybridized carbons (Fsp3) is 0.0909. The van der Waals surface area contributed by atoms with Crippen LogP contribution in [0.15, 0.2) is 49.1 Å². The van der Waals surface area contributed by atoms with Gasteiger partial charge in [0.25, 0.3) is 0 Å². The van der Waals surface area contributed by atoms with Crippen LogP contribution in [0.1, 0.15) is 5.76 Å². The molecule has 2 aromatic heterocycles. The number of aromatic hydroxyl groups is 2. The van der Waals surface area contributed by atoms with Crippen molar-refractivity contribution in [2.24, 2.45) is 0 Å². The Bertz CT molecular complexity index is 595. The minimum absolute atomic E-state index is 0.252. The summed E-state index contributed by atoms with van der Waals surface area (Å²) in [6.45, 7) is 1.52. The molecule has 0 saturated heterocycles. The van der Waals surface area contributed by atoms with Crippen LogP contribution in [0.25, 0.3) is 0 Å². The smallest absolute Gasteiger partial charge is 0.378 e. The first-order valence-corrected chi connectivity index (χ1v) is 4.56. The van der Waals surface area contributed by atoms with Gasteiger partial charge in [-0.25, -0.2) is 4.79 Å². The van der Waals surface area contributed by atoms with Crippen molar-refractivity contribution in [3.05, 3.63) is 57.1 Å². The molecule has 0 radical (unpaired) electrons. The minimum Gasteiger partial charge on any atom is -0.502 e. The highest BCUT2D eigenvalue weighted by Gasteiger charge is 1.98. The van der Waals surface area contributed by atoms with Crippen LogP contribution >= 0.6 is 0 Å². The number of aryl methyl sites for hydroxylation is 1. The number of hydrogen-bond acceptors (Lipinski definition) is 6. The predicted molar refractivity (Wildman–Crippen MR) is 58.0 cm³/mol. The van der Waals surface area contributed by atoms with Gasteiger partial charge in [0.2, 0.25) is 16.9 Å². The lowest BCUT2D eigenvalue weighted by Crippen LogP contribution is -1.97. The van der Waals surface area contributed by atoms with Crippen molar-refractivity contribution in [3.63, 3.8) is 0 Å². The van der Waals surface area contributed by atoms with E-state index in [0.717, 1.165) is 0 Å². The topological polar surface area (TPSA) is 101 Å². The SMILES string of the molecule is Cc1occc(=O)c1O.O=c1occcc1O. The molecule has 17 heavy (non-hydrogen) atoms. The number of hydrogen-bond donors (Lipinski definition) is 2. The van der Waals surface area contributed by atoms with Crippen molar-refractivity contribution in [2.75, 3.05) is 0 Å². The molecule has 0 bridgehead atoms. The summed E-state index contributed by atoms with van der Waals surface area (Å²) < 4.78 is 8.94. The lowest BCUT2D eigenvalue weighted by atomic mass is 10.4. The standard InChI is InChI=1S/C6H6O3.C5H4O3/c1-4-6(8)5(7)2-3-9-4;6-4-2-1-3-8-5(4)7/h2-3,8H,1H3;1-3,6H. The second kappa shape index (κ2) is 5.55. The highest BCUT2D eigenvalue weighted by molar-refractivity contribution is 5.20. The molecule has 90 valence electrons.